The molecule has 1 unspecified atom stereocenters. The van der Waals surface area contributed by atoms with Gasteiger partial charge in [-0.3, -0.25) is 9.59 Å². The molecule has 3 aromatic rings. The van der Waals surface area contributed by atoms with Crippen molar-refractivity contribution < 1.29 is 19.1 Å². The summed E-state index contributed by atoms with van der Waals surface area (Å²) >= 11 is 6.27. The smallest absolute Gasteiger partial charge is 0.328 e. The third kappa shape index (κ3) is 5.21. The topological polar surface area (TPSA) is 52.6 Å². The molecule has 4 nitrogen and oxygen atoms in total. The van der Waals surface area contributed by atoms with E-state index in [9.17, 15) is 9.59 Å². The number of benzene rings is 3. The van der Waals surface area contributed by atoms with Crippen LogP contribution in [0.25, 0.3) is 11.1 Å². The second-order valence-electron chi connectivity index (χ2n) is 6.20. The lowest BCUT2D eigenvalue weighted by Crippen LogP contribution is -2.11. The van der Waals surface area contributed by atoms with Crippen LogP contribution in [0.5, 0.6) is 5.75 Å². The zero-order valence-electron chi connectivity index (χ0n) is 15.3. The monoisotopic (exact) mass is 394 g/mol. The van der Waals surface area contributed by atoms with Gasteiger partial charge in [-0.2, -0.15) is 0 Å². The molecule has 28 heavy (non-hydrogen) atoms. The summed E-state index contributed by atoms with van der Waals surface area (Å²) in [6.45, 7) is 1.55. The van der Waals surface area contributed by atoms with E-state index in [0.717, 1.165) is 16.7 Å². The molecule has 0 spiro atoms. The Bertz CT molecular complexity index is 935. The Morgan fingerprint density at radius 1 is 0.857 bits per heavy atom. The third-order valence-electron chi connectivity index (χ3n) is 4.08. The lowest BCUT2D eigenvalue weighted by Gasteiger charge is -2.11. The molecule has 0 bridgehead atoms. The van der Waals surface area contributed by atoms with Gasteiger partial charge in [0.2, 0.25) is 0 Å². The van der Waals surface area contributed by atoms with E-state index in [2.05, 4.69) is 0 Å². The minimum absolute atomic E-state index is 0.190. The number of ether oxygens (including phenoxy) is 2. The normalized spacial score (nSPS) is 11.5. The maximum Gasteiger partial charge on any atom is 0.328 e. The molecule has 0 amide bonds. The van der Waals surface area contributed by atoms with Crippen molar-refractivity contribution in [2.75, 3.05) is 0 Å². The van der Waals surface area contributed by atoms with E-state index < -0.39 is 11.3 Å². The Hall–Kier alpha value is -3.11. The summed E-state index contributed by atoms with van der Waals surface area (Å²) in [5, 5.41) is -0.871. The van der Waals surface area contributed by atoms with Crippen molar-refractivity contribution in [3.8, 4) is 16.9 Å². The number of alkyl halides is 1. The predicted molar refractivity (Wildman–Crippen MR) is 108 cm³/mol. The van der Waals surface area contributed by atoms with Crippen LogP contribution in [0.2, 0.25) is 0 Å². The fourth-order valence-electron chi connectivity index (χ4n) is 2.66. The standard InChI is InChI=1S/C23H19ClO4/c1-16(25)28-21-13-11-19(12-14-21)18-7-9-20(10-8-18)22(24)23(26)27-15-17-5-3-2-4-6-17/h2-14,22H,15H2,1H3. The van der Waals surface area contributed by atoms with Gasteiger partial charge in [0, 0.05) is 6.92 Å². The van der Waals surface area contributed by atoms with Gasteiger partial charge in [0.25, 0.3) is 0 Å². The first-order valence-corrected chi connectivity index (χ1v) is 9.20. The van der Waals surface area contributed by atoms with Gasteiger partial charge in [-0.05, 0) is 34.4 Å². The summed E-state index contributed by atoms with van der Waals surface area (Å²) in [7, 11) is 0. The fourth-order valence-corrected chi connectivity index (χ4v) is 2.87. The van der Waals surface area contributed by atoms with Gasteiger partial charge in [-0.25, -0.2) is 0 Å². The summed E-state index contributed by atoms with van der Waals surface area (Å²) in [5.74, 6) is -0.344. The number of hydrogen-bond acceptors (Lipinski definition) is 4. The van der Waals surface area contributed by atoms with Gasteiger partial charge in [-0.1, -0.05) is 66.7 Å². The van der Waals surface area contributed by atoms with E-state index in [4.69, 9.17) is 21.1 Å². The highest BCUT2D eigenvalue weighted by molar-refractivity contribution is 6.29. The molecule has 0 heterocycles. The van der Waals surface area contributed by atoms with Crippen LogP contribution in [0.15, 0.2) is 78.9 Å². The second kappa shape index (κ2) is 9.20. The second-order valence-corrected chi connectivity index (χ2v) is 6.63. The van der Waals surface area contributed by atoms with E-state index in [0.29, 0.717) is 11.3 Å². The molecular weight excluding hydrogens is 376 g/mol. The number of hydrogen-bond donors (Lipinski definition) is 0. The van der Waals surface area contributed by atoms with Gasteiger partial charge in [0.05, 0.1) is 0 Å². The summed E-state index contributed by atoms with van der Waals surface area (Å²) in [6, 6.07) is 24.0. The Morgan fingerprint density at radius 3 is 2.00 bits per heavy atom. The van der Waals surface area contributed by atoms with Crippen LogP contribution in [0, 0.1) is 0 Å². The lowest BCUT2D eigenvalue weighted by molar-refractivity contribution is -0.144. The quantitative estimate of drug-likeness (QED) is 0.323. The van der Waals surface area contributed by atoms with E-state index in [1.165, 1.54) is 6.92 Å². The summed E-state index contributed by atoms with van der Waals surface area (Å²) in [4.78, 5) is 23.2. The van der Waals surface area contributed by atoms with E-state index in [1.807, 2.05) is 54.6 Å². The molecule has 0 saturated heterocycles. The summed E-state index contributed by atoms with van der Waals surface area (Å²) in [6.07, 6.45) is 0. The van der Waals surface area contributed by atoms with Gasteiger partial charge in [-0.15, -0.1) is 11.6 Å². The maximum absolute atomic E-state index is 12.2. The zero-order chi connectivity index (χ0) is 19.9. The first-order chi connectivity index (χ1) is 13.5. The van der Waals surface area contributed by atoms with Crippen LogP contribution >= 0.6 is 11.6 Å². The van der Waals surface area contributed by atoms with Crippen molar-refractivity contribution in [2.45, 2.75) is 18.9 Å². The van der Waals surface area contributed by atoms with Gasteiger partial charge < -0.3 is 9.47 Å². The molecular formula is C23H19ClO4. The molecule has 0 aromatic heterocycles. The Morgan fingerprint density at radius 2 is 1.43 bits per heavy atom. The first-order valence-electron chi connectivity index (χ1n) is 8.76. The van der Waals surface area contributed by atoms with E-state index in [-0.39, 0.29) is 12.6 Å². The van der Waals surface area contributed by atoms with Crippen molar-refractivity contribution in [3.05, 3.63) is 90.0 Å². The van der Waals surface area contributed by atoms with Crippen LogP contribution < -0.4 is 4.74 Å². The summed E-state index contributed by atoms with van der Waals surface area (Å²) in [5.41, 5.74) is 3.49. The van der Waals surface area contributed by atoms with Gasteiger partial charge >= 0.3 is 11.9 Å². The molecule has 0 radical (unpaired) electrons. The number of carbonyl (C=O) groups excluding carboxylic acids is 2. The SMILES string of the molecule is CC(=O)Oc1ccc(-c2ccc(C(Cl)C(=O)OCc3ccccc3)cc2)cc1. The molecule has 5 heteroatoms. The highest BCUT2D eigenvalue weighted by Crippen LogP contribution is 2.27. The molecule has 0 aliphatic rings. The molecule has 142 valence electrons. The van der Waals surface area contributed by atoms with Crippen molar-refractivity contribution in [1.29, 1.82) is 0 Å². The average molecular weight is 395 g/mol. The molecule has 0 aliphatic heterocycles. The van der Waals surface area contributed by atoms with Crippen LogP contribution in [0.3, 0.4) is 0 Å². The Labute approximate surface area is 168 Å². The van der Waals surface area contributed by atoms with Crippen molar-refractivity contribution in [2.24, 2.45) is 0 Å². The lowest BCUT2D eigenvalue weighted by atomic mass is 10.0. The Balaban J connectivity index is 1.62. The maximum atomic E-state index is 12.2. The van der Waals surface area contributed by atoms with Gasteiger partial charge in [0.1, 0.15) is 12.4 Å². The first kappa shape index (κ1) is 19.6. The number of rotatable bonds is 6. The highest BCUT2D eigenvalue weighted by Gasteiger charge is 2.19. The minimum atomic E-state index is -0.871. The van der Waals surface area contributed by atoms with Crippen LogP contribution in [0.4, 0.5) is 0 Å². The molecule has 0 aliphatic carbocycles. The van der Waals surface area contributed by atoms with Crippen molar-refractivity contribution in [1.82, 2.24) is 0 Å². The van der Waals surface area contributed by atoms with Crippen molar-refractivity contribution >= 4 is 23.5 Å². The average Bonchev–Trinajstić information content (AvgIpc) is 2.72. The molecule has 0 N–H and O–H groups in total. The predicted octanol–water partition coefficient (Wildman–Crippen LogP) is 5.30. The molecule has 3 rings (SSSR count). The minimum Gasteiger partial charge on any atom is -0.459 e. The van der Waals surface area contributed by atoms with Crippen LogP contribution in [-0.2, 0) is 20.9 Å². The highest BCUT2D eigenvalue weighted by atomic mass is 35.5. The van der Waals surface area contributed by atoms with Gasteiger partial charge in [0.15, 0.2) is 5.38 Å². The molecule has 0 saturated carbocycles. The Kier molecular flexibility index (Phi) is 6.45. The number of esters is 2. The molecule has 3 aromatic carbocycles. The molecule has 1 atom stereocenters. The van der Waals surface area contributed by atoms with Crippen LogP contribution in [0.1, 0.15) is 23.4 Å². The van der Waals surface area contributed by atoms with Crippen LogP contribution in [-0.4, -0.2) is 11.9 Å². The third-order valence-corrected chi connectivity index (χ3v) is 4.51. The molecule has 0 fully saturated rings. The van der Waals surface area contributed by atoms with E-state index >= 15 is 0 Å². The summed E-state index contributed by atoms with van der Waals surface area (Å²) < 4.78 is 10.3. The number of carbonyl (C=O) groups is 2. The van der Waals surface area contributed by atoms with Crippen molar-refractivity contribution in [3.63, 3.8) is 0 Å². The van der Waals surface area contributed by atoms with E-state index in [1.54, 1.807) is 24.3 Å². The largest absolute Gasteiger partial charge is 0.459 e. The fraction of sp³-hybridized carbons (Fsp3) is 0.130. The zero-order valence-corrected chi connectivity index (χ0v) is 16.1. The number of halogens is 1.